The van der Waals surface area contributed by atoms with Crippen LogP contribution in [0.4, 0.5) is 11.4 Å². The Hall–Kier alpha value is -3.47. The number of nitrogens with two attached hydrogens (primary N) is 1. The summed E-state index contributed by atoms with van der Waals surface area (Å²) in [5.41, 5.74) is 8.29. The lowest BCUT2D eigenvalue weighted by Gasteiger charge is -2.24. The molecule has 0 unspecified atom stereocenters. The predicted octanol–water partition coefficient (Wildman–Crippen LogP) is 5.62. The van der Waals surface area contributed by atoms with Gasteiger partial charge in [-0.3, -0.25) is 4.79 Å². The topological polar surface area (TPSA) is 73.6 Å². The molecule has 3 N–H and O–H groups in total. The van der Waals surface area contributed by atoms with Gasteiger partial charge in [-0.25, -0.2) is 0 Å². The highest BCUT2D eigenvalue weighted by Gasteiger charge is 2.22. The molecule has 0 spiro atoms. The van der Waals surface area contributed by atoms with Crippen molar-refractivity contribution in [2.24, 2.45) is 0 Å². The van der Waals surface area contributed by atoms with Crippen LogP contribution >= 0.6 is 0 Å². The minimum Gasteiger partial charge on any atom is -0.497 e. The normalized spacial score (nSPS) is 11.0. The van der Waals surface area contributed by atoms with Crippen molar-refractivity contribution in [3.63, 3.8) is 0 Å². The third kappa shape index (κ3) is 4.88. The number of rotatable bonds is 5. The van der Waals surface area contributed by atoms with E-state index in [0.29, 0.717) is 28.4 Å². The van der Waals surface area contributed by atoms with E-state index in [1.54, 1.807) is 25.3 Å². The zero-order chi connectivity index (χ0) is 21.0. The molecule has 3 aromatic carbocycles. The van der Waals surface area contributed by atoms with Gasteiger partial charge in [0.2, 0.25) is 0 Å². The van der Waals surface area contributed by atoms with Gasteiger partial charge < -0.3 is 20.5 Å². The van der Waals surface area contributed by atoms with Gasteiger partial charge in [0, 0.05) is 16.9 Å². The van der Waals surface area contributed by atoms with Crippen molar-refractivity contribution >= 4 is 17.3 Å². The number of carbonyl (C=O) groups excluding carboxylic acids is 1. The molecular formula is C24H26N2O3. The maximum Gasteiger partial charge on any atom is 0.259 e. The molecule has 0 heterocycles. The molecule has 5 heteroatoms. The minimum absolute atomic E-state index is 0.176. The van der Waals surface area contributed by atoms with Gasteiger partial charge >= 0.3 is 0 Å². The summed E-state index contributed by atoms with van der Waals surface area (Å²) in [5.74, 6) is 1.56. The maximum atomic E-state index is 12.9. The van der Waals surface area contributed by atoms with E-state index in [0.717, 1.165) is 11.3 Å². The molecule has 1 amide bonds. The SMILES string of the molecule is COc1ccc(Oc2ccc(N)cc2C(=O)Nc2ccccc2)c(C(C)(C)C)c1. The van der Waals surface area contributed by atoms with E-state index in [9.17, 15) is 4.79 Å². The van der Waals surface area contributed by atoms with Gasteiger partial charge in [-0.05, 0) is 53.9 Å². The smallest absolute Gasteiger partial charge is 0.259 e. The van der Waals surface area contributed by atoms with Gasteiger partial charge in [-0.15, -0.1) is 0 Å². The first-order valence-corrected chi connectivity index (χ1v) is 9.40. The zero-order valence-electron chi connectivity index (χ0n) is 17.2. The van der Waals surface area contributed by atoms with Crippen LogP contribution in [0.2, 0.25) is 0 Å². The second-order valence-corrected chi connectivity index (χ2v) is 7.79. The highest BCUT2D eigenvalue weighted by atomic mass is 16.5. The van der Waals surface area contributed by atoms with Crippen molar-refractivity contribution in [3.05, 3.63) is 77.9 Å². The third-order valence-electron chi connectivity index (χ3n) is 4.49. The lowest BCUT2D eigenvalue weighted by atomic mass is 9.86. The quantitative estimate of drug-likeness (QED) is 0.555. The summed E-state index contributed by atoms with van der Waals surface area (Å²) in [6.07, 6.45) is 0. The van der Waals surface area contributed by atoms with Crippen molar-refractivity contribution in [1.82, 2.24) is 0 Å². The maximum absolute atomic E-state index is 12.9. The number of para-hydroxylation sites is 1. The number of amides is 1. The van der Waals surface area contributed by atoms with Crippen LogP contribution in [0.1, 0.15) is 36.7 Å². The first-order valence-electron chi connectivity index (χ1n) is 9.40. The van der Waals surface area contributed by atoms with Gasteiger partial charge in [0.05, 0.1) is 12.7 Å². The number of methoxy groups -OCH3 is 1. The average molecular weight is 390 g/mol. The van der Waals surface area contributed by atoms with E-state index in [1.807, 2.05) is 48.5 Å². The van der Waals surface area contributed by atoms with Crippen LogP contribution in [-0.4, -0.2) is 13.0 Å². The molecular weight excluding hydrogens is 364 g/mol. The first-order chi connectivity index (χ1) is 13.8. The molecule has 0 aliphatic heterocycles. The molecule has 0 saturated heterocycles. The van der Waals surface area contributed by atoms with Crippen molar-refractivity contribution < 1.29 is 14.3 Å². The van der Waals surface area contributed by atoms with Crippen LogP contribution in [0, 0.1) is 0 Å². The number of nitrogens with one attached hydrogen (secondary N) is 1. The number of anilines is 2. The number of ether oxygens (including phenoxy) is 2. The van der Waals surface area contributed by atoms with E-state index in [2.05, 4.69) is 26.1 Å². The average Bonchev–Trinajstić information content (AvgIpc) is 2.69. The monoisotopic (exact) mass is 390 g/mol. The van der Waals surface area contributed by atoms with Crippen LogP contribution in [0.3, 0.4) is 0 Å². The molecule has 150 valence electrons. The summed E-state index contributed by atoms with van der Waals surface area (Å²) in [6, 6.07) is 20.0. The van der Waals surface area contributed by atoms with Gasteiger partial charge in [0.25, 0.3) is 5.91 Å². The van der Waals surface area contributed by atoms with Crippen LogP contribution < -0.4 is 20.5 Å². The number of hydrogen-bond donors (Lipinski definition) is 2. The Balaban J connectivity index is 1.98. The Morgan fingerprint density at radius 2 is 1.62 bits per heavy atom. The van der Waals surface area contributed by atoms with E-state index < -0.39 is 0 Å². The summed E-state index contributed by atoms with van der Waals surface area (Å²) < 4.78 is 11.6. The van der Waals surface area contributed by atoms with Gasteiger partial charge in [-0.1, -0.05) is 39.0 Å². The first kappa shape index (κ1) is 20.3. The van der Waals surface area contributed by atoms with E-state index in [1.165, 1.54) is 0 Å². The van der Waals surface area contributed by atoms with E-state index in [-0.39, 0.29) is 11.3 Å². The number of hydrogen-bond acceptors (Lipinski definition) is 4. The fourth-order valence-electron chi connectivity index (χ4n) is 2.96. The van der Waals surface area contributed by atoms with Gasteiger partial charge in [0.1, 0.15) is 17.2 Å². The van der Waals surface area contributed by atoms with Gasteiger partial charge in [0.15, 0.2) is 0 Å². The molecule has 0 aliphatic rings. The molecule has 3 aromatic rings. The van der Waals surface area contributed by atoms with Crippen LogP contribution in [0.15, 0.2) is 66.7 Å². The largest absolute Gasteiger partial charge is 0.497 e. The van der Waals surface area contributed by atoms with Crippen LogP contribution in [-0.2, 0) is 5.41 Å². The summed E-state index contributed by atoms with van der Waals surface area (Å²) in [4.78, 5) is 12.9. The second-order valence-electron chi connectivity index (χ2n) is 7.79. The lowest BCUT2D eigenvalue weighted by molar-refractivity contribution is 0.102. The fraction of sp³-hybridized carbons (Fsp3) is 0.208. The molecule has 0 aromatic heterocycles. The Labute approximate surface area is 171 Å². The second kappa shape index (κ2) is 8.27. The van der Waals surface area contributed by atoms with Gasteiger partial charge in [-0.2, -0.15) is 0 Å². The van der Waals surface area contributed by atoms with Crippen molar-refractivity contribution in [2.45, 2.75) is 26.2 Å². The van der Waals surface area contributed by atoms with Crippen molar-refractivity contribution in [3.8, 4) is 17.2 Å². The summed E-state index contributed by atoms with van der Waals surface area (Å²) >= 11 is 0. The molecule has 0 atom stereocenters. The molecule has 5 nitrogen and oxygen atoms in total. The number of nitrogen functional groups attached to an aromatic ring is 1. The Kier molecular flexibility index (Phi) is 5.78. The van der Waals surface area contributed by atoms with Crippen LogP contribution in [0.25, 0.3) is 0 Å². The molecule has 29 heavy (non-hydrogen) atoms. The van der Waals surface area contributed by atoms with Crippen molar-refractivity contribution in [1.29, 1.82) is 0 Å². The molecule has 0 saturated carbocycles. The fourth-order valence-corrected chi connectivity index (χ4v) is 2.96. The summed E-state index contributed by atoms with van der Waals surface area (Å²) in [5, 5.41) is 2.88. The number of benzene rings is 3. The Morgan fingerprint density at radius 3 is 2.28 bits per heavy atom. The predicted molar refractivity (Wildman–Crippen MR) is 117 cm³/mol. The molecule has 3 rings (SSSR count). The molecule has 0 bridgehead atoms. The van der Waals surface area contributed by atoms with E-state index in [4.69, 9.17) is 15.2 Å². The summed E-state index contributed by atoms with van der Waals surface area (Å²) in [6.45, 7) is 6.29. The van der Waals surface area contributed by atoms with Crippen molar-refractivity contribution in [2.75, 3.05) is 18.2 Å². The Morgan fingerprint density at radius 1 is 0.931 bits per heavy atom. The minimum atomic E-state index is -0.288. The van der Waals surface area contributed by atoms with E-state index >= 15 is 0 Å². The molecule has 0 fully saturated rings. The third-order valence-corrected chi connectivity index (χ3v) is 4.49. The Bertz CT molecular complexity index is 1010. The highest BCUT2D eigenvalue weighted by molar-refractivity contribution is 6.06. The number of carbonyl (C=O) groups is 1. The standard InChI is InChI=1S/C24H26N2O3/c1-24(2,3)20-15-18(28-4)11-13-22(20)29-21-12-10-16(25)14-19(21)23(27)26-17-8-6-5-7-9-17/h5-15H,25H2,1-4H3,(H,26,27). The zero-order valence-corrected chi connectivity index (χ0v) is 17.2. The molecule has 0 aliphatic carbocycles. The summed E-state index contributed by atoms with van der Waals surface area (Å²) in [7, 11) is 1.63. The van der Waals surface area contributed by atoms with Crippen LogP contribution in [0.5, 0.6) is 17.2 Å². The highest BCUT2D eigenvalue weighted by Crippen LogP contribution is 2.38. The molecule has 0 radical (unpaired) electrons. The lowest BCUT2D eigenvalue weighted by Crippen LogP contribution is -2.15.